The maximum absolute atomic E-state index is 13.6. The van der Waals surface area contributed by atoms with Crippen LogP contribution in [0.5, 0.6) is 0 Å². The van der Waals surface area contributed by atoms with E-state index >= 15 is 0 Å². The van der Waals surface area contributed by atoms with Crippen molar-refractivity contribution in [2.45, 2.75) is 17.8 Å². The summed E-state index contributed by atoms with van der Waals surface area (Å²) in [4.78, 5) is 15.8. The van der Waals surface area contributed by atoms with Gasteiger partial charge < -0.3 is 5.11 Å². The van der Waals surface area contributed by atoms with Crippen molar-refractivity contribution in [1.29, 1.82) is 0 Å². The second-order valence-electron chi connectivity index (χ2n) is 5.97. The zero-order valence-corrected chi connectivity index (χ0v) is 15.9. The Morgan fingerprint density at radius 2 is 1.85 bits per heavy atom. The second kappa shape index (κ2) is 5.79. The van der Waals surface area contributed by atoms with Gasteiger partial charge in [0, 0.05) is 19.7 Å². The number of rotatable bonds is 4. The Labute approximate surface area is 153 Å². The van der Waals surface area contributed by atoms with Crippen molar-refractivity contribution >= 4 is 31.7 Å². The molecule has 11 nitrogen and oxygen atoms in total. The zero-order chi connectivity index (χ0) is 20.4. The summed E-state index contributed by atoms with van der Waals surface area (Å²) in [5.74, 6) is -1.81. The van der Waals surface area contributed by atoms with Crippen LogP contribution in [0.3, 0.4) is 0 Å². The molecule has 14 heteroatoms. The molecular weight excluding hydrogens is 405 g/mol. The highest BCUT2D eigenvalue weighted by atomic mass is 32.2. The van der Waals surface area contributed by atoms with E-state index in [0.29, 0.717) is 10.4 Å². The largest absolute Gasteiger partial charge is 0.364 e. The Kier molecular flexibility index (Phi) is 4.15. The highest BCUT2D eigenvalue weighted by molar-refractivity contribution is 7.92. The van der Waals surface area contributed by atoms with Gasteiger partial charge in [-0.25, -0.2) is 13.7 Å². The molecule has 1 aromatic heterocycles. The van der Waals surface area contributed by atoms with Crippen molar-refractivity contribution in [2.75, 3.05) is 18.4 Å². The van der Waals surface area contributed by atoms with Crippen molar-refractivity contribution in [2.24, 2.45) is 0 Å². The van der Waals surface area contributed by atoms with Gasteiger partial charge >= 0.3 is 20.2 Å². The highest BCUT2D eigenvalue weighted by Gasteiger charge is 2.53. The van der Waals surface area contributed by atoms with Gasteiger partial charge in [-0.15, -0.1) is 9.19 Å². The Bertz CT molecular complexity index is 1160. The van der Waals surface area contributed by atoms with Crippen LogP contribution in [-0.2, 0) is 20.2 Å². The molecule has 1 atom stereocenters. The first kappa shape index (κ1) is 19.3. The van der Waals surface area contributed by atoms with Gasteiger partial charge in [-0.1, -0.05) is 0 Å². The molecule has 2 aromatic rings. The number of halogens is 1. The number of hydrogen-bond acceptors (Lipinski definition) is 8. The Balaban J connectivity index is 2.18. The smallest absolute Gasteiger partial charge is 0.323 e. The number of carbonyl (C=O) groups is 1. The van der Waals surface area contributed by atoms with Crippen molar-refractivity contribution in [3.63, 3.8) is 0 Å². The molecule has 0 amide bonds. The van der Waals surface area contributed by atoms with Gasteiger partial charge in [-0.3, -0.25) is 4.79 Å². The van der Waals surface area contributed by atoms with Crippen LogP contribution < -0.4 is 4.31 Å². The maximum atomic E-state index is 13.6. The van der Waals surface area contributed by atoms with E-state index in [4.69, 9.17) is 0 Å². The van der Waals surface area contributed by atoms with Crippen LogP contribution in [0, 0.1) is 5.82 Å². The van der Waals surface area contributed by atoms with Crippen LogP contribution in [0.15, 0.2) is 29.7 Å². The molecule has 0 saturated carbocycles. The van der Waals surface area contributed by atoms with Crippen molar-refractivity contribution < 1.29 is 31.1 Å². The van der Waals surface area contributed by atoms with Crippen LogP contribution in [0.25, 0.3) is 0 Å². The predicted octanol–water partition coefficient (Wildman–Crippen LogP) is -0.828. The van der Waals surface area contributed by atoms with Crippen LogP contribution in [0.2, 0.25) is 0 Å². The molecular formula is C13H14FN5O6S2. The average Bonchev–Trinajstić information content (AvgIpc) is 3.11. The van der Waals surface area contributed by atoms with Crippen LogP contribution >= 0.6 is 0 Å². The topological polar surface area (TPSA) is 143 Å². The third-order valence-corrected chi connectivity index (χ3v) is 7.12. The van der Waals surface area contributed by atoms with E-state index in [9.17, 15) is 31.1 Å². The molecule has 3 rings (SSSR count). The summed E-state index contributed by atoms with van der Waals surface area (Å²) in [5, 5.41) is 12.9. The van der Waals surface area contributed by atoms with E-state index in [0.717, 1.165) is 29.4 Å². The lowest BCUT2D eigenvalue weighted by atomic mass is 10.1. The SMILES string of the molecule is CN(C)S(=O)(=O)n1cnc(S(=O)(=O)N2c3cc(F)ccc3C(=O)C2(C)O)n1. The van der Waals surface area contributed by atoms with Gasteiger partial charge in [0.1, 0.15) is 12.1 Å². The fourth-order valence-electron chi connectivity index (χ4n) is 2.52. The zero-order valence-electron chi connectivity index (χ0n) is 14.2. The van der Waals surface area contributed by atoms with Gasteiger partial charge in [-0.05, 0) is 25.1 Å². The van der Waals surface area contributed by atoms with Crippen molar-refractivity contribution in [3.8, 4) is 0 Å². The Morgan fingerprint density at radius 1 is 1.22 bits per heavy atom. The van der Waals surface area contributed by atoms with E-state index in [-0.39, 0.29) is 9.87 Å². The number of aliphatic hydroxyl groups is 1. The quantitative estimate of drug-likeness (QED) is 0.677. The summed E-state index contributed by atoms with van der Waals surface area (Å²) in [5.41, 5.74) is -3.19. The van der Waals surface area contributed by atoms with Gasteiger partial charge in [0.15, 0.2) is 0 Å². The Morgan fingerprint density at radius 3 is 2.44 bits per heavy atom. The fourth-order valence-corrected chi connectivity index (χ4v) is 4.75. The highest BCUT2D eigenvalue weighted by Crippen LogP contribution is 2.41. The number of aromatic nitrogens is 3. The molecule has 1 N–H and O–H groups in total. The molecule has 1 aliphatic rings. The molecule has 0 spiro atoms. The predicted molar refractivity (Wildman–Crippen MR) is 89.0 cm³/mol. The number of nitrogens with zero attached hydrogens (tertiary/aromatic N) is 5. The molecule has 0 bridgehead atoms. The standard InChI is InChI=1S/C13H14FN5O6S2/c1-13(21)11(20)9-5-4-8(14)6-10(9)19(13)26(22,23)12-15-7-18(16-12)27(24,25)17(2)3/h4-7,21H,1-3H3. The van der Waals surface area contributed by atoms with Gasteiger partial charge in [0.05, 0.1) is 5.69 Å². The lowest BCUT2D eigenvalue weighted by Gasteiger charge is -2.28. The number of fused-ring (bicyclic) bond motifs is 1. The van der Waals surface area contributed by atoms with Gasteiger partial charge in [0.2, 0.25) is 11.5 Å². The summed E-state index contributed by atoms with van der Waals surface area (Å²) in [6, 6.07) is 2.75. The molecule has 27 heavy (non-hydrogen) atoms. The van der Waals surface area contributed by atoms with Crippen LogP contribution in [-0.4, -0.2) is 66.0 Å². The molecule has 146 valence electrons. The first-order valence-corrected chi connectivity index (χ1v) is 10.1. The third-order valence-electron chi connectivity index (χ3n) is 3.87. The molecule has 2 heterocycles. The minimum Gasteiger partial charge on any atom is -0.364 e. The van der Waals surface area contributed by atoms with Gasteiger partial charge in [-0.2, -0.15) is 21.1 Å². The summed E-state index contributed by atoms with van der Waals surface area (Å²) < 4.78 is 64.9. The second-order valence-corrected chi connectivity index (χ2v) is 9.65. The number of ketones is 1. The molecule has 1 aliphatic heterocycles. The van der Waals surface area contributed by atoms with Crippen LogP contribution in [0.4, 0.5) is 10.1 Å². The number of anilines is 1. The molecule has 1 aromatic carbocycles. The van der Waals surface area contributed by atoms with E-state index in [1.54, 1.807) is 0 Å². The van der Waals surface area contributed by atoms with Crippen molar-refractivity contribution in [1.82, 2.24) is 18.5 Å². The number of hydrogen-bond donors (Lipinski definition) is 1. The maximum Gasteiger partial charge on any atom is 0.323 e. The normalized spacial score (nSPS) is 20.4. The number of Topliss-reactive ketones (excluding diaryl/α,β-unsaturated/α-hetero) is 1. The third kappa shape index (κ3) is 2.72. The summed E-state index contributed by atoms with van der Waals surface area (Å²) in [6.45, 7) is 0.915. The summed E-state index contributed by atoms with van der Waals surface area (Å²) in [6.07, 6.45) is 0.654. The average molecular weight is 419 g/mol. The summed E-state index contributed by atoms with van der Waals surface area (Å²) >= 11 is 0. The van der Waals surface area contributed by atoms with E-state index in [1.165, 1.54) is 14.1 Å². The van der Waals surface area contributed by atoms with E-state index < -0.39 is 48.4 Å². The van der Waals surface area contributed by atoms with Crippen molar-refractivity contribution in [3.05, 3.63) is 35.9 Å². The van der Waals surface area contributed by atoms with E-state index in [2.05, 4.69) is 10.1 Å². The molecule has 0 aliphatic carbocycles. The number of sulfonamides is 1. The minimum absolute atomic E-state index is 0.217. The minimum atomic E-state index is -4.80. The lowest BCUT2D eigenvalue weighted by Crippen LogP contribution is -2.51. The number of carbonyl (C=O) groups excluding carboxylic acids is 1. The molecule has 0 radical (unpaired) electrons. The fraction of sp³-hybridized carbons (Fsp3) is 0.308. The van der Waals surface area contributed by atoms with Crippen LogP contribution in [0.1, 0.15) is 17.3 Å². The summed E-state index contributed by atoms with van der Waals surface area (Å²) in [7, 11) is -6.54. The monoisotopic (exact) mass is 419 g/mol. The molecule has 0 saturated heterocycles. The molecule has 0 fully saturated rings. The van der Waals surface area contributed by atoms with E-state index in [1.807, 2.05) is 0 Å². The molecule has 1 unspecified atom stereocenters. The Hall–Kier alpha value is -2.42. The first-order valence-electron chi connectivity index (χ1n) is 7.28. The lowest BCUT2D eigenvalue weighted by molar-refractivity contribution is 0.0499. The first-order chi connectivity index (χ1) is 12.3. The van der Waals surface area contributed by atoms with Gasteiger partial charge in [0.25, 0.3) is 5.16 Å². The number of benzene rings is 1.